The van der Waals surface area contributed by atoms with E-state index in [9.17, 15) is 9.18 Å². The third kappa shape index (κ3) is 5.06. The first-order valence-electron chi connectivity index (χ1n) is 7.42. The zero-order valence-corrected chi connectivity index (χ0v) is 14.3. The molecule has 0 bridgehead atoms. The molecule has 1 aliphatic rings. The van der Waals surface area contributed by atoms with Crippen LogP contribution in [0.25, 0.3) is 0 Å². The smallest absolute Gasteiger partial charge is 0.251 e. The van der Waals surface area contributed by atoms with Gasteiger partial charge in [-0.25, -0.2) is 4.39 Å². The van der Waals surface area contributed by atoms with Gasteiger partial charge in [-0.3, -0.25) is 4.79 Å². The Hall–Kier alpha value is -1.37. The molecule has 0 saturated carbocycles. The minimum absolute atomic E-state index is 0. The molecule has 0 spiro atoms. The Bertz CT molecular complexity index is 517. The number of methoxy groups -OCH3 is 2. The Balaban J connectivity index is 0.00000264. The lowest BCUT2D eigenvalue weighted by Gasteiger charge is -2.37. The number of ether oxygens (including phenoxy) is 2. The molecule has 1 heterocycles. The number of rotatable bonds is 6. The molecule has 1 aromatic carbocycles. The van der Waals surface area contributed by atoms with Gasteiger partial charge < -0.3 is 20.1 Å². The summed E-state index contributed by atoms with van der Waals surface area (Å²) in [7, 11) is 3.06. The highest BCUT2D eigenvalue weighted by Gasteiger charge is 2.32. The third-order valence-electron chi connectivity index (χ3n) is 4.15. The minimum atomic E-state index is -0.538. The molecule has 2 rings (SSSR count). The zero-order chi connectivity index (χ0) is 16.0. The highest BCUT2D eigenvalue weighted by Crippen LogP contribution is 2.28. The van der Waals surface area contributed by atoms with Crippen LogP contribution in [0.1, 0.15) is 23.2 Å². The van der Waals surface area contributed by atoms with Crippen LogP contribution in [-0.4, -0.2) is 46.4 Å². The van der Waals surface area contributed by atoms with Gasteiger partial charge >= 0.3 is 0 Å². The van der Waals surface area contributed by atoms with Crippen molar-refractivity contribution in [1.29, 1.82) is 0 Å². The van der Waals surface area contributed by atoms with E-state index in [2.05, 4.69) is 10.6 Å². The van der Waals surface area contributed by atoms with Gasteiger partial charge in [-0.2, -0.15) is 0 Å². The Kier molecular flexibility index (Phi) is 7.75. The molecule has 1 saturated heterocycles. The van der Waals surface area contributed by atoms with E-state index in [-0.39, 0.29) is 29.5 Å². The van der Waals surface area contributed by atoms with Crippen molar-refractivity contribution in [2.24, 2.45) is 5.41 Å². The first-order valence-corrected chi connectivity index (χ1v) is 7.42. The van der Waals surface area contributed by atoms with Crippen molar-refractivity contribution in [2.45, 2.75) is 12.8 Å². The van der Waals surface area contributed by atoms with Crippen LogP contribution < -0.4 is 15.4 Å². The van der Waals surface area contributed by atoms with Crippen molar-refractivity contribution in [3.8, 4) is 5.75 Å². The molecular weight excluding hydrogens is 323 g/mol. The molecule has 0 aliphatic carbocycles. The average molecular weight is 347 g/mol. The molecule has 1 aromatic rings. The Morgan fingerprint density at radius 2 is 2.04 bits per heavy atom. The number of benzene rings is 1. The van der Waals surface area contributed by atoms with E-state index < -0.39 is 5.82 Å². The lowest BCUT2D eigenvalue weighted by molar-refractivity contribution is 0.0511. The van der Waals surface area contributed by atoms with Gasteiger partial charge in [-0.05, 0) is 44.1 Å². The standard InChI is InChI=1S/C16H23FN2O3.ClH/c1-21-11-16(5-7-18-8-6-16)10-19-15(20)12-3-4-14(22-2)13(17)9-12;/h3-4,9,18H,5-8,10-11H2,1-2H3,(H,19,20);1H. The Labute approximate surface area is 142 Å². The number of piperidine rings is 1. The topological polar surface area (TPSA) is 59.6 Å². The lowest BCUT2D eigenvalue weighted by atomic mass is 9.79. The van der Waals surface area contributed by atoms with Gasteiger partial charge in [-0.1, -0.05) is 0 Å². The summed E-state index contributed by atoms with van der Waals surface area (Å²) in [5.41, 5.74) is 0.237. The molecule has 0 unspecified atom stereocenters. The van der Waals surface area contributed by atoms with Crippen LogP contribution in [0, 0.1) is 11.2 Å². The zero-order valence-electron chi connectivity index (χ0n) is 13.5. The maximum atomic E-state index is 13.7. The van der Waals surface area contributed by atoms with Gasteiger partial charge in [0, 0.05) is 24.6 Å². The number of halogens is 2. The van der Waals surface area contributed by atoms with E-state index in [1.54, 1.807) is 13.2 Å². The first-order chi connectivity index (χ1) is 10.6. The minimum Gasteiger partial charge on any atom is -0.494 e. The van der Waals surface area contributed by atoms with Crippen LogP contribution in [0.3, 0.4) is 0 Å². The molecule has 0 atom stereocenters. The van der Waals surface area contributed by atoms with Crippen molar-refractivity contribution in [2.75, 3.05) is 40.5 Å². The summed E-state index contributed by atoms with van der Waals surface area (Å²) in [6, 6.07) is 4.21. The SMILES string of the molecule is COCC1(CNC(=O)c2ccc(OC)c(F)c2)CCNCC1.Cl. The molecule has 1 fully saturated rings. The molecule has 0 radical (unpaired) electrons. The summed E-state index contributed by atoms with van der Waals surface area (Å²) in [4.78, 5) is 12.2. The van der Waals surface area contributed by atoms with Crippen LogP contribution in [0.2, 0.25) is 0 Å². The van der Waals surface area contributed by atoms with Crippen molar-refractivity contribution in [3.05, 3.63) is 29.6 Å². The molecule has 23 heavy (non-hydrogen) atoms. The second-order valence-electron chi connectivity index (χ2n) is 5.72. The number of hydrogen-bond acceptors (Lipinski definition) is 4. The Morgan fingerprint density at radius 3 is 2.61 bits per heavy atom. The average Bonchev–Trinajstić information content (AvgIpc) is 2.54. The van der Waals surface area contributed by atoms with Crippen molar-refractivity contribution < 1.29 is 18.7 Å². The van der Waals surface area contributed by atoms with Gasteiger partial charge in [0.2, 0.25) is 0 Å². The van der Waals surface area contributed by atoms with Crippen molar-refractivity contribution in [3.63, 3.8) is 0 Å². The maximum Gasteiger partial charge on any atom is 0.251 e. The van der Waals surface area contributed by atoms with Crippen molar-refractivity contribution >= 4 is 18.3 Å². The molecule has 7 heteroatoms. The second kappa shape index (κ2) is 9.05. The van der Waals surface area contributed by atoms with E-state index in [0.717, 1.165) is 25.9 Å². The fourth-order valence-electron chi connectivity index (χ4n) is 2.81. The van der Waals surface area contributed by atoms with Crippen LogP contribution in [-0.2, 0) is 4.74 Å². The number of nitrogens with one attached hydrogen (secondary N) is 2. The highest BCUT2D eigenvalue weighted by atomic mass is 35.5. The van der Waals surface area contributed by atoms with Crippen LogP contribution in [0.4, 0.5) is 4.39 Å². The van der Waals surface area contributed by atoms with Crippen LogP contribution in [0.5, 0.6) is 5.75 Å². The molecule has 1 amide bonds. The van der Waals surface area contributed by atoms with Gasteiger partial charge in [0.15, 0.2) is 11.6 Å². The Morgan fingerprint density at radius 1 is 1.35 bits per heavy atom. The van der Waals surface area contributed by atoms with Crippen LogP contribution in [0.15, 0.2) is 18.2 Å². The van der Waals surface area contributed by atoms with Gasteiger partial charge in [-0.15, -0.1) is 12.4 Å². The number of amides is 1. The predicted octanol–water partition coefficient (Wildman–Crippen LogP) is 2.00. The molecule has 0 aromatic heterocycles. The third-order valence-corrected chi connectivity index (χ3v) is 4.15. The highest BCUT2D eigenvalue weighted by molar-refractivity contribution is 5.94. The fraction of sp³-hybridized carbons (Fsp3) is 0.562. The number of hydrogen-bond donors (Lipinski definition) is 2. The summed E-state index contributed by atoms with van der Waals surface area (Å²) < 4.78 is 23.8. The fourth-order valence-corrected chi connectivity index (χ4v) is 2.81. The first kappa shape index (κ1) is 19.7. The quantitative estimate of drug-likeness (QED) is 0.827. The number of carbonyl (C=O) groups excluding carboxylic acids is 1. The molecule has 5 nitrogen and oxygen atoms in total. The van der Waals surface area contributed by atoms with E-state index in [4.69, 9.17) is 9.47 Å². The summed E-state index contributed by atoms with van der Waals surface area (Å²) in [6.45, 7) is 2.95. The molecule has 2 N–H and O–H groups in total. The molecule has 130 valence electrons. The van der Waals surface area contributed by atoms with Gasteiger partial charge in [0.05, 0.1) is 13.7 Å². The second-order valence-corrected chi connectivity index (χ2v) is 5.72. The number of carbonyl (C=O) groups is 1. The summed E-state index contributed by atoms with van der Waals surface area (Å²) in [6.07, 6.45) is 1.89. The van der Waals surface area contributed by atoms with Crippen molar-refractivity contribution in [1.82, 2.24) is 10.6 Å². The van der Waals surface area contributed by atoms with E-state index in [0.29, 0.717) is 18.7 Å². The normalized spacial score (nSPS) is 16.3. The monoisotopic (exact) mass is 346 g/mol. The summed E-state index contributed by atoms with van der Waals surface area (Å²) >= 11 is 0. The van der Waals surface area contributed by atoms with Crippen LogP contribution >= 0.6 is 12.4 Å². The van der Waals surface area contributed by atoms with Gasteiger partial charge in [0.25, 0.3) is 5.91 Å². The lowest BCUT2D eigenvalue weighted by Crippen LogP contribution is -2.47. The largest absolute Gasteiger partial charge is 0.494 e. The maximum absolute atomic E-state index is 13.7. The summed E-state index contributed by atoms with van der Waals surface area (Å²) in [5, 5.41) is 6.21. The molecule has 1 aliphatic heterocycles. The summed E-state index contributed by atoms with van der Waals surface area (Å²) in [5.74, 6) is -0.690. The van der Waals surface area contributed by atoms with E-state index in [1.165, 1.54) is 19.2 Å². The van der Waals surface area contributed by atoms with E-state index >= 15 is 0 Å². The predicted molar refractivity (Wildman–Crippen MR) is 88.9 cm³/mol. The van der Waals surface area contributed by atoms with Gasteiger partial charge in [0.1, 0.15) is 0 Å². The van der Waals surface area contributed by atoms with E-state index in [1.807, 2.05) is 0 Å². The molecular formula is C16H24ClFN2O3.